The Balaban J connectivity index is 2.01. The molecule has 0 saturated carbocycles. The first-order valence-corrected chi connectivity index (χ1v) is 6.98. The van der Waals surface area contributed by atoms with Crippen molar-refractivity contribution in [2.24, 2.45) is 0 Å². The van der Waals surface area contributed by atoms with Crippen LogP contribution in [0.4, 0.5) is 5.82 Å². The molecule has 2 N–H and O–H groups in total. The summed E-state index contributed by atoms with van der Waals surface area (Å²) >= 11 is 6.03. The summed E-state index contributed by atoms with van der Waals surface area (Å²) in [6.45, 7) is 1.89. The van der Waals surface area contributed by atoms with Crippen LogP contribution in [0.5, 0.6) is 0 Å². The van der Waals surface area contributed by atoms with Crippen LogP contribution in [0.25, 0.3) is 10.9 Å². The number of pyridine rings is 2. The number of anilines is 1. The zero-order chi connectivity index (χ0) is 15.7. The van der Waals surface area contributed by atoms with E-state index in [1.54, 1.807) is 30.5 Å². The van der Waals surface area contributed by atoms with E-state index >= 15 is 0 Å². The Morgan fingerprint density at radius 2 is 2.14 bits per heavy atom. The quantitative estimate of drug-likeness (QED) is 0.763. The van der Waals surface area contributed by atoms with Crippen molar-refractivity contribution in [2.45, 2.75) is 6.92 Å². The number of hydrogen-bond donors (Lipinski definition) is 2. The summed E-state index contributed by atoms with van der Waals surface area (Å²) in [5.74, 6) is -0.114. The summed E-state index contributed by atoms with van der Waals surface area (Å²) in [5.41, 5.74) is 1.11. The molecule has 0 fully saturated rings. The Bertz CT molecular complexity index is 934. The molecule has 3 aromatic rings. The molecule has 0 radical (unpaired) electrons. The maximum Gasteiger partial charge on any atom is 0.262 e. The van der Waals surface area contributed by atoms with Crippen molar-refractivity contribution >= 4 is 34.2 Å². The van der Waals surface area contributed by atoms with Gasteiger partial charge in [-0.3, -0.25) is 9.59 Å². The highest BCUT2D eigenvalue weighted by Crippen LogP contribution is 2.19. The molecule has 6 heteroatoms. The number of carbonyl (C=O) groups is 1. The van der Waals surface area contributed by atoms with Crippen molar-refractivity contribution in [3.8, 4) is 0 Å². The summed E-state index contributed by atoms with van der Waals surface area (Å²) in [6.07, 6.45) is 2.96. The topological polar surface area (TPSA) is 74.8 Å². The Hall–Kier alpha value is -2.66. The van der Waals surface area contributed by atoms with Crippen molar-refractivity contribution in [3.05, 3.63) is 69.1 Å². The predicted octanol–water partition coefficient (Wildman–Crippen LogP) is 3.14. The van der Waals surface area contributed by atoms with Gasteiger partial charge in [-0.25, -0.2) is 4.98 Å². The number of H-pyrrole nitrogens is 1. The first kappa shape index (κ1) is 14.3. The summed E-state index contributed by atoms with van der Waals surface area (Å²) in [6, 6.07) is 8.52. The molecule has 2 aromatic heterocycles. The van der Waals surface area contributed by atoms with E-state index in [0.717, 1.165) is 5.56 Å². The number of benzene rings is 1. The van der Waals surface area contributed by atoms with Crippen LogP contribution in [-0.2, 0) is 0 Å². The van der Waals surface area contributed by atoms with Gasteiger partial charge in [-0.15, -0.1) is 0 Å². The lowest BCUT2D eigenvalue weighted by Gasteiger charge is -2.06. The second-order valence-electron chi connectivity index (χ2n) is 4.87. The third kappa shape index (κ3) is 2.58. The fourth-order valence-electron chi connectivity index (χ4n) is 2.17. The second kappa shape index (κ2) is 5.61. The highest BCUT2D eigenvalue weighted by atomic mass is 35.5. The van der Waals surface area contributed by atoms with Gasteiger partial charge in [0.05, 0.1) is 10.5 Å². The third-order valence-corrected chi connectivity index (χ3v) is 3.58. The number of aromatic nitrogens is 2. The minimum absolute atomic E-state index is 0.0121. The molecule has 1 amide bonds. The minimum atomic E-state index is -0.513. The molecule has 22 heavy (non-hydrogen) atoms. The number of nitrogens with one attached hydrogen (secondary N) is 2. The summed E-state index contributed by atoms with van der Waals surface area (Å²) in [4.78, 5) is 31.6. The first-order valence-electron chi connectivity index (χ1n) is 6.60. The Labute approximate surface area is 131 Å². The number of carbonyl (C=O) groups excluding carboxylic acids is 1. The van der Waals surface area contributed by atoms with Crippen LogP contribution in [0.1, 0.15) is 15.9 Å². The highest BCUT2D eigenvalue weighted by molar-refractivity contribution is 6.35. The van der Waals surface area contributed by atoms with E-state index in [0.29, 0.717) is 21.7 Å². The standard InChI is InChI=1S/C16H12ClN3O2/c1-9-5-6-18-13(7-9)20-16(22)11-8-19-14-10(15(11)21)3-2-4-12(14)17/h2-8H,1H3,(H,19,21)(H,18,20,22). The van der Waals surface area contributed by atoms with E-state index in [1.165, 1.54) is 6.20 Å². The fraction of sp³-hybridized carbons (Fsp3) is 0.0625. The lowest BCUT2D eigenvalue weighted by atomic mass is 10.1. The van der Waals surface area contributed by atoms with E-state index in [-0.39, 0.29) is 11.0 Å². The average molecular weight is 314 g/mol. The molecule has 0 aliphatic rings. The molecular weight excluding hydrogens is 302 g/mol. The molecule has 0 unspecified atom stereocenters. The molecule has 1 aromatic carbocycles. The van der Waals surface area contributed by atoms with Crippen LogP contribution >= 0.6 is 11.6 Å². The molecule has 0 atom stereocenters. The molecular formula is C16H12ClN3O2. The first-order chi connectivity index (χ1) is 10.6. The van der Waals surface area contributed by atoms with Crippen LogP contribution in [-0.4, -0.2) is 15.9 Å². The highest BCUT2D eigenvalue weighted by Gasteiger charge is 2.14. The Kier molecular flexibility index (Phi) is 3.65. The van der Waals surface area contributed by atoms with E-state index in [4.69, 9.17) is 11.6 Å². The van der Waals surface area contributed by atoms with Crippen LogP contribution < -0.4 is 10.7 Å². The van der Waals surface area contributed by atoms with Gasteiger partial charge in [0.2, 0.25) is 5.43 Å². The van der Waals surface area contributed by atoms with E-state index in [2.05, 4.69) is 15.3 Å². The van der Waals surface area contributed by atoms with Crippen LogP contribution in [0.15, 0.2) is 47.5 Å². The van der Waals surface area contributed by atoms with Gasteiger partial charge in [-0.05, 0) is 36.8 Å². The van der Waals surface area contributed by atoms with Crippen LogP contribution in [0, 0.1) is 6.92 Å². The van der Waals surface area contributed by atoms with Crippen molar-refractivity contribution in [1.29, 1.82) is 0 Å². The second-order valence-corrected chi connectivity index (χ2v) is 5.27. The maximum absolute atomic E-state index is 12.4. The van der Waals surface area contributed by atoms with Gasteiger partial charge in [-0.2, -0.15) is 0 Å². The molecule has 0 spiro atoms. The largest absolute Gasteiger partial charge is 0.359 e. The number of aromatic amines is 1. The number of nitrogens with zero attached hydrogens (tertiary/aromatic N) is 1. The molecule has 0 saturated heterocycles. The average Bonchev–Trinajstić information content (AvgIpc) is 2.48. The van der Waals surface area contributed by atoms with Gasteiger partial charge >= 0.3 is 0 Å². The Morgan fingerprint density at radius 3 is 2.91 bits per heavy atom. The number of halogens is 1. The summed E-state index contributed by atoms with van der Waals surface area (Å²) < 4.78 is 0. The number of aryl methyl sites for hydroxylation is 1. The number of para-hydroxylation sites is 1. The van der Waals surface area contributed by atoms with Crippen molar-refractivity contribution in [1.82, 2.24) is 9.97 Å². The maximum atomic E-state index is 12.4. The zero-order valence-electron chi connectivity index (χ0n) is 11.7. The van der Waals surface area contributed by atoms with E-state index in [9.17, 15) is 9.59 Å². The molecule has 2 heterocycles. The fourth-order valence-corrected chi connectivity index (χ4v) is 2.40. The van der Waals surface area contributed by atoms with Crippen molar-refractivity contribution in [2.75, 3.05) is 5.32 Å². The van der Waals surface area contributed by atoms with E-state index < -0.39 is 5.91 Å². The molecule has 0 aliphatic carbocycles. The Morgan fingerprint density at radius 1 is 1.32 bits per heavy atom. The van der Waals surface area contributed by atoms with Gasteiger partial charge < -0.3 is 10.3 Å². The third-order valence-electron chi connectivity index (χ3n) is 3.27. The predicted molar refractivity (Wildman–Crippen MR) is 86.5 cm³/mol. The normalized spacial score (nSPS) is 10.6. The molecule has 5 nitrogen and oxygen atoms in total. The van der Waals surface area contributed by atoms with E-state index in [1.807, 2.05) is 13.0 Å². The summed E-state index contributed by atoms with van der Waals surface area (Å²) in [5, 5.41) is 3.42. The monoisotopic (exact) mass is 313 g/mol. The molecule has 0 bridgehead atoms. The van der Waals surface area contributed by atoms with Crippen molar-refractivity contribution in [3.63, 3.8) is 0 Å². The molecule has 0 aliphatic heterocycles. The molecule has 110 valence electrons. The SMILES string of the molecule is Cc1ccnc(NC(=O)c2c[nH]c3c(Cl)cccc3c2=O)c1. The minimum Gasteiger partial charge on any atom is -0.359 e. The van der Waals surface area contributed by atoms with Crippen LogP contribution in [0.2, 0.25) is 5.02 Å². The lowest BCUT2D eigenvalue weighted by Crippen LogP contribution is -2.22. The van der Waals surface area contributed by atoms with Gasteiger partial charge in [0, 0.05) is 17.8 Å². The number of amides is 1. The lowest BCUT2D eigenvalue weighted by molar-refractivity contribution is 0.102. The van der Waals surface area contributed by atoms with Gasteiger partial charge in [0.15, 0.2) is 0 Å². The summed E-state index contributed by atoms with van der Waals surface area (Å²) in [7, 11) is 0. The van der Waals surface area contributed by atoms with Gasteiger partial charge in [-0.1, -0.05) is 17.7 Å². The van der Waals surface area contributed by atoms with Crippen LogP contribution in [0.3, 0.4) is 0 Å². The van der Waals surface area contributed by atoms with Crippen molar-refractivity contribution < 1.29 is 4.79 Å². The van der Waals surface area contributed by atoms with Gasteiger partial charge in [0.25, 0.3) is 5.91 Å². The number of rotatable bonds is 2. The zero-order valence-corrected chi connectivity index (χ0v) is 12.4. The number of fused-ring (bicyclic) bond motifs is 1. The molecule has 3 rings (SSSR count). The van der Waals surface area contributed by atoms with Gasteiger partial charge in [0.1, 0.15) is 11.4 Å². The number of hydrogen-bond acceptors (Lipinski definition) is 3. The smallest absolute Gasteiger partial charge is 0.262 e.